The third kappa shape index (κ3) is 4.63. The lowest BCUT2D eigenvalue weighted by molar-refractivity contribution is -0.799. The molecule has 0 heterocycles. The molecular weight excluding hydrogens is 360 g/mol. The zero-order chi connectivity index (χ0) is 19.9. The fraction of sp³-hybridized carbons (Fsp3) is 0.176. The van der Waals surface area contributed by atoms with E-state index in [9.17, 15) is 29.8 Å². The molecule has 0 radical (unpaired) electrons. The van der Waals surface area contributed by atoms with E-state index < -0.39 is 40.7 Å². The largest absolute Gasteiger partial charge is 0.523 e. The number of rotatable bonds is 8. The average molecular weight is 374 g/mol. The second-order valence-electron chi connectivity index (χ2n) is 5.38. The number of nitrogens with zero attached hydrogens (tertiary/aromatic N) is 2. The topological polar surface area (TPSA) is 139 Å². The van der Waals surface area contributed by atoms with Crippen LogP contribution < -0.4 is 0 Å². The van der Waals surface area contributed by atoms with Crippen molar-refractivity contribution in [3.63, 3.8) is 0 Å². The highest BCUT2D eigenvalue weighted by Gasteiger charge is 2.59. The van der Waals surface area contributed by atoms with Gasteiger partial charge in [-0.2, -0.15) is 0 Å². The van der Waals surface area contributed by atoms with Crippen molar-refractivity contribution < 1.29 is 28.9 Å². The van der Waals surface area contributed by atoms with Gasteiger partial charge in [0.25, 0.3) is 0 Å². The molecule has 0 aliphatic carbocycles. The minimum atomic E-state index is -3.02. The molecule has 0 spiro atoms. The Morgan fingerprint density at radius 3 is 1.37 bits per heavy atom. The standard InChI is InChI=1S/C17H14N2O8/c20-15(13-7-3-1-4-8-13)26-11-17(18(22)23,19(24)25)12-27-16(21)14-9-5-2-6-10-14/h1-10H,11-12H2. The van der Waals surface area contributed by atoms with Crippen molar-refractivity contribution >= 4 is 11.9 Å². The maximum absolute atomic E-state index is 11.9. The van der Waals surface area contributed by atoms with Gasteiger partial charge >= 0.3 is 17.6 Å². The highest BCUT2D eigenvalue weighted by molar-refractivity contribution is 5.89. The lowest BCUT2D eigenvalue weighted by atomic mass is 10.2. The first kappa shape index (κ1) is 19.5. The molecule has 27 heavy (non-hydrogen) atoms. The predicted molar refractivity (Wildman–Crippen MR) is 90.2 cm³/mol. The van der Waals surface area contributed by atoms with Crippen molar-refractivity contribution in [2.75, 3.05) is 13.2 Å². The molecule has 0 saturated carbocycles. The van der Waals surface area contributed by atoms with Gasteiger partial charge in [0.2, 0.25) is 13.2 Å². The molecule has 2 rings (SSSR count). The van der Waals surface area contributed by atoms with E-state index in [1.807, 2.05) is 0 Å². The van der Waals surface area contributed by atoms with Crippen LogP contribution in [0.1, 0.15) is 20.7 Å². The molecule has 0 amide bonds. The Labute approximate surface area is 152 Å². The monoisotopic (exact) mass is 374 g/mol. The summed E-state index contributed by atoms with van der Waals surface area (Å²) in [5, 5.41) is 22.7. The Bertz CT molecular complexity index is 767. The second kappa shape index (κ2) is 8.52. The third-order valence-electron chi connectivity index (χ3n) is 3.57. The van der Waals surface area contributed by atoms with E-state index in [1.165, 1.54) is 48.5 Å². The van der Waals surface area contributed by atoms with Crippen LogP contribution in [0, 0.1) is 20.2 Å². The summed E-state index contributed by atoms with van der Waals surface area (Å²) in [5.74, 6) is -1.95. The van der Waals surface area contributed by atoms with Crippen LogP contribution in [0.15, 0.2) is 60.7 Å². The number of carbonyl (C=O) groups excluding carboxylic acids is 2. The summed E-state index contributed by atoms with van der Waals surface area (Å²) >= 11 is 0. The number of benzene rings is 2. The molecule has 0 unspecified atom stereocenters. The lowest BCUT2D eigenvalue weighted by Gasteiger charge is -2.17. The summed E-state index contributed by atoms with van der Waals surface area (Å²) in [4.78, 5) is 44.0. The van der Waals surface area contributed by atoms with Gasteiger partial charge in [0.05, 0.1) is 11.1 Å². The van der Waals surface area contributed by atoms with E-state index in [0.29, 0.717) is 0 Å². The van der Waals surface area contributed by atoms with Gasteiger partial charge < -0.3 is 9.47 Å². The molecule has 140 valence electrons. The van der Waals surface area contributed by atoms with E-state index in [-0.39, 0.29) is 11.1 Å². The van der Waals surface area contributed by atoms with Crippen LogP contribution in [0.5, 0.6) is 0 Å². The summed E-state index contributed by atoms with van der Waals surface area (Å²) in [7, 11) is 0. The van der Waals surface area contributed by atoms with Gasteiger partial charge in [-0.15, -0.1) is 0 Å². The van der Waals surface area contributed by atoms with Gasteiger partial charge in [0.15, 0.2) is 0 Å². The van der Waals surface area contributed by atoms with Crippen LogP contribution in [-0.2, 0) is 9.47 Å². The van der Waals surface area contributed by atoms with Gasteiger partial charge in [0, 0.05) is 0 Å². The van der Waals surface area contributed by atoms with Crippen LogP contribution in [0.4, 0.5) is 0 Å². The van der Waals surface area contributed by atoms with Crippen LogP contribution in [0.2, 0.25) is 0 Å². The van der Waals surface area contributed by atoms with E-state index in [2.05, 4.69) is 0 Å². The number of hydrogen-bond acceptors (Lipinski definition) is 8. The highest BCUT2D eigenvalue weighted by atomic mass is 16.7. The Morgan fingerprint density at radius 1 is 0.741 bits per heavy atom. The molecule has 0 atom stereocenters. The summed E-state index contributed by atoms with van der Waals surface area (Å²) in [6, 6.07) is 15.0. The molecule has 2 aromatic rings. The quantitative estimate of drug-likeness (QED) is 0.296. The minimum absolute atomic E-state index is 0.0689. The maximum Gasteiger partial charge on any atom is 0.523 e. The van der Waals surface area contributed by atoms with Crippen LogP contribution >= 0.6 is 0 Å². The predicted octanol–water partition coefficient (Wildman–Crippen LogP) is 1.95. The van der Waals surface area contributed by atoms with Crippen molar-refractivity contribution in [1.82, 2.24) is 0 Å². The van der Waals surface area contributed by atoms with Gasteiger partial charge in [-0.25, -0.2) is 9.59 Å². The summed E-state index contributed by atoms with van der Waals surface area (Å²) < 4.78 is 9.48. The van der Waals surface area contributed by atoms with Crippen LogP contribution in [0.3, 0.4) is 0 Å². The van der Waals surface area contributed by atoms with Crippen molar-refractivity contribution in [2.45, 2.75) is 5.66 Å². The number of esters is 2. The number of ether oxygens (including phenoxy) is 2. The van der Waals surface area contributed by atoms with E-state index in [1.54, 1.807) is 12.1 Å². The van der Waals surface area contributed by atoms with Crippen molar-refractivity contribution in [2.24, 2.45) is 0 Å². The van der Waals surface area contributed by atoms with Gasteiger partial charge in [0.1, 0.15) is 9.85 Å². The summed E-state index contributed by atoms with van der Waals surface area (Å²) in [5.41, 5.74) is -2.88. The SMILES string of the molecule is O=C(OCC(COC(=O)c1ccccc1)([N+](=O)[O-])[N+](=O)[O-])c1ccccc1. The molecule has 0 saturated heterocycles. The highest BCUT2D eigenvalue weighted by Crippen LogP contribution is 2.16. The smallest absolute Gasteiger partial charge is 0.446 e. The average Bonchev–Trinajstić information content (AvgIpc) is 2.68. The third-order valence-corrected chi connectivity index (χ3v) is 3.57. The Balaban J connectivity index is 2.12. The summed E-state index contributed by atoms with van der Waals surface area (Å²) in [6.07, 6.45) is 0. The zero-order valence-corrected chi connectivity index (χ0v) is 13.8. The van der Waals surface area contributed by atoms with Crippen molar-refractivity contribution in [3.05, 3.63) is 92.0 Å². The molecule has 0 bridgehead atoms. The molecule has 10 nitrogen and oxygen atoms in total. The normalized spacial score (nSPS) is 10.7. The molecule has 10 heteroatoms. The molecule has 0 aliphatic rings. The molecule has 2 aromatic carbocycles. The number of hydrogen-bond donors (Lipinski definition) is 0. The Morgan fingerprint density at radius 2 is 1.07 bits per heavy atom. The lowest BCUT2D eigenvalue weighted by Crippen LogP contribution is -2.54. The van der Waals surface area contributed by atoms with Crippen LogP contribution in [0.25, 0.3) is 0 Å². The Hall–Kier alpha value is -3.82. The molecule has 0 N–H and O–H groups in total. The van der Waals surface area contributed by atoms with Gasteiger partial charge in [-0.05, 0) is 24.3 Å². The van der Waals surface area contributed by atoms with Gasteiger partial charge in [-0.1, -0.05) is 36.4 Å². The number of carbonyl (C=O) groups is 2. The second-order valence-corrected chi connectivity index (χ2v) is 5.38. The van der Waals surface area contributed by atoms with E-state index in [4.69, 9.17) is 9.47 Å². The van der Waals surface area contributed by atoms with Crippen LogP contribution in [-0.4, -0.2) is 40.7 Å². The molecule has 0 fully saturated rings. The van der Waals surface area contributed by atoms with Crippen molar-refractivity contribution in [1.29, 1.82) is 0 Å². The molecular formula is C17H14N2O8. The maximum atomic E-state index is 11.9. The molecule has 0 aromatic heterocycles. The first-order chi connectivity index (χ1) is 12.9. The minimum Gasteiger partial charge on any atom is -0.446 e. The van der Waals surface area contributed by atoms with E-state index in [0.717, 1.165) is 0 Å². The fourth-order valence-corrected chi connectivity index (χ4v) is 2.00. The first-order valence-corrected chi connectivity index (χ1v) is 7.60. The van der Waals surface area contributed by atoms with Crippen molar-refractivity contribution in [3.8, 4) is 0 Å². The number of nitro groups is 2. The summed E-state index contributed by atoms with van der Waals surface area (Å²) in [6.45, 7) is -2.41. The zero-order valence-electron chi connectivity index (χ0n) is 13.8. The first-order valence-electron chi connectivity index (χ1n) is 7.60. The van der Waals surface area contributed by atoms with Gasteiger partial charge in [-0.3, -0.25) is 20.2 Å². The fourth-order valence-electron chi connectivity index (χ4n) is 2.00. The van der Waals surface area contributed by atoms with E-state index >= 15 is 0 Å². The molecule has 0 aliphatic heterocycles. The Kier molecular flexibility index (Phi) is 6.15.